The minimum atomic E-state index is -0.353. The maximum Gasteiger partial charge on any atom is 0.330 e. The molecule has 0 amide bonds. The lowest BCUT2D eigenvalue weighted by Gasteiger charge is -2.01. The second-order valence-corrected chi connectivity index (χ2v) is 4.66. The van der Waals surface area contributed by atoms with Gasteiger partial charge in [-0.05, 0) is 31.2 Å². The fraction of sp³-hybridized carbons (Fsp3) is 0.278. The van der Waals surface area contributed by atoms with Gasteiger partial charge in [-0.25, -0.2) is 4.79 Å². The first kappa shape index (κ1) is 15.9. The van der Waals surface area contributed by atoms with E-state index in [1.807, 2.05) is 37.3 Å². The number of methoxy groups -OCH3 is 1. The first-order chi connectivity index (χ1) is 10.7. The third kappa shape index (κ3) is 3.79. The smallest absolute Gasteiger partial charge is 0.330 e. The second-order valence-electron chi connectivity index (χ2n) is 4.66. The van der Waals surface area contributed by atoms with Gasteiger partial charge in [-0.3, -0.25) is 0 Å². The van der Waals surface area contributed by atoms with Crippen LogP contribution in [0.3, 0.4) is 0 Å². The molecule has 0 N–H and O–H groups in total. The summed E-state index contributed by atoms with van der Waals surface area (Å²) in [6.45, 7) is 4.15. The molecule has 2 aromatic rings. The summed E-state index contributed by atoms with van der Waals surface area (Å²) >= 11 is 0. The van der Waals surface area contributed by atoms with Crippen molar-refractivity contribution >= 4 is 12.0 Å². The Morgan fingerprint density at radius 1 is 1.27 bits per heavy atom. The van der Waals surface area contributed by atoms with Gasteiger partial charge < -0.3 is 13.9 Å². The van der Waals surface area contributed by atoms with Crippen molar-refractivity contribution in [3.63, 3.8) is 0 Å². The van der Waals surface area contributed by atoms with Gasteiger partial charge in [-0.15, -0.1) is 0 Å². The Morgan fingerprint density at radius 2 is 2.09 bits per heavy atom. The molecule has 22 heavy (non-hydrogen) atoms. The highest BCUT2D eigenvalue weighted by Gasteiger charge is 2.10. The van der Waals surface area contributed by atoms with Crippen LogP contribution in [0.15, 0.2) is 40.8 Å². The number of esters is 1. The molecule has 0 bridgehead atoms. The molecule has 1 aromatic heterocycles. The lowest BCUT2D eigenvalue weighted by Crippen LogP contribution is -1.98. The lowest BCUT2D eigenvalue weighted by molar-refractivity contribution is -0.137. The van der Waals surface area contributed by atoms with Crippen LogP contribution in [0.4, 0.5) is 0 Å². The van der Waals surface area contributed by atoms with Gasteiger partial charge in [-0.2, -0.15) is 0 Å². The predicted octanol–water partition coefficient (Wildman–Crippen LogP) is 4.09. The van der Waals surface area contributed by atoms with E-state index in [0.717, 1.165) is 34.8 Å². The second kappa shape index (κ2) is 7.50. The van der Waals surface area contributed by atoms with Crippen LogP contribution >= 0.6 is 0 Å². The molecular formula is C18H20O4. The van der Waals surface area contributed by atoms with Gasteiger partial charge >= 0.3 is 5.97 Å². The van der Waals surface area contributed by atoms with E-state index in [-0.39, 0.29) is 5.97 Å². The fourth-order valence-corrected chi connectivity index (χ4v) is 2.13. The summed E-state index contributed by atoms with van der Waals surface area (Å²) in [6.07, 6.45) is 3.89. The number of rotatable bonds is 6. The van der Waals surface area contributed by atoms with Crippen LogP contribution in [-0.4, -0.2) is 19.7 Å². The van der Waals surface area contributed by atoms with E-state index in [1.54, 1.807) is 20.1 Å². The van der Waals surface area contributed by atoms with Gasteiger partial charge in [-0.1, -0.05) is 19.1 Å². The molecule has 0 aliphatic heterocycles. The van der Waals surface area contributed by atoms with E-state index < -0.39 is 0 Å². The summed E-state index contributed by atoms with van der Waals surface area (Å²) in [7, 11) is 1.63. The topological polar surface area (TPSA) is 48.7 Å². The lowest BCUT2D eigenvalue weighted by atomic mass is 10.1. The monoisotopic (exact) mass is 300 g/mol. The molecule has 0 spiro atoms. The Kier molecular flexibility index (Phi) is 5.42. The standard InChI is InChI=1S/C18H20O4/c1-4-16-14(9-10-18(19)21-5-2)12-17(22-16)13-7-6-8-15(11-13)20-3/h6-12H,4-5H2,1-3H3/b10-9+. The molecule has 1 aromatic carbocycles. The van der Waals surface area contributed by atoms with E-state index in [4.69, 9.17) is 13.9 Å². The van der Waals surface area contributed by atoms with Crippen LogP contribution in [0.5, 0.6) is 5.75 Å². The van der Waals surface area contributed by atoms with Crippen molar-refractivity contribution in [3.8, 4) is 17.1 Å². The molecule has 2 rings (SSSR count). The minimum Gasteiger partial charge on any atom is -0.497 e. The van der Waals surface area contributed by atoms with Crippen LogP contribution in [0.2, 0.25) is 0 Å². The SMILES string of the molecule is CCOC(=O)/C=C/c1cc(-c2cccc(OC)c2)oc1CC. The van der Waals surface area contributed by atoms with E-state index >= 15 is 0 Å². The van der Waals surface area contributed by atoms with Gasteiger partial charge in [0.05, 0.1) is 13.7 Å². The first-order valence-corrected chi connectivity index (χ1v) is 7.29. The highest BCUT2D eigenvalue weighted by Crippen LogP contribution is 2.29. The molecule has 0 saturated heterocycles. The van der Waals surface area contributed by atoms with Crippen molar-refractivity contribution in [2.45, 2.75) is 20.3 Å². The summed E-state index contributed by atoms with van der Waals surface area (Å²) in [6, 6.07) is 9.59. The Balaban J connectivity index is 2.29. The van der Waals surface area contributed by atoms with Gasteiger partial charge in [0, 0.05) is 23.6 Å². The highest BCUT2D eigenvalue weighted by atomic mass is 16.5. The van der Waals surface area contributed by atoms with E-state index in [1.165, 1.54) is 6.08 Å². The number of hydrogen-bond donors (Lipinski definition) is 0. The average Bonchev–Trinajstić information content (AvgIpc) is 2.96. The Labute approximate surface area is 130 Å². The molecule has 0 atom stereocenters. The zero-order valence-corrected chi connectivity index (χ0v) is 13.1. The molecule has 4 nitrogen and oxygen atoms in total. The molecular weight excluding hydrogens is 280 g/mol. The van der Waals surface area contributed by atoms with Crippen LogP contribution in [0, 0.1) is 0 Å². The van der Waals surface area contributed by atoms with Crippen molar-refractivity contribution in [2.75, 3.05) is 13.7 Å². The maximum atomic E-state index is 11.4. The summed E-state index contributed by atoms with van der Waals surface area (Å²) < 4.78 is 16.0. The highest BCUT2D eigenvalue weighted by molar-refractivity contribution is 5.87. The number of carbonyl (C=O) groups is 1. The average molecular weight is 300 g/mol. The van der Waals surface area contributed by atoms with Crippen molar-refractivity contribution < 1.29 is 18.7 Å². The van der Waals surface area contributed by atoms with Crippen molar-refractivity contribution in [2.24, 2.45) is 0 Å². The van der Waals surface area contributed by atoms with Gasteiger partial charge in [0.25, 0.3) is 0 Å². The number of hydrogen-bond acceptors (Lipinski definition) is 4. The van der Waals surface area contributed by atoms with Crippen LogP contribution in [0.1, 0.15) is 25.2 Å². The van der Waals surface area contributed by atoms with Crippen LogP contribution in [-0.2, 0) is 16.0 Å². The molecule has 0 radical (unpaired) electrons. The Morgan fingerprint density at radius 3 is 2.77 bits per heavy atom. The van der Waals surface area contributed by atoms with E-state index in [9.17, 15) is 4.79 Å². The van der Waals surface area contributed by atoms with Crippen LogP contribution in [0.25, 0.3) is 17.4 Å². The molecule has 1 heterocycles. The van der Waals surface area contributed by atoms with E-state index in [0.29, 0.717) is 6.61 Å². The summed E-state index contributed by atoms with van der Waals surface area (Å²) in [5, 5.41) is 0. The molecule has 0 aliphatic rings. The zero-order valence-electron chi connectivity index (χ0n) is 13.1. The minimum absolute atomic E-state index is 0.353. The molecule has 0 fully saturated rings. The Bertz CT molecular complexity index is 667. The van der Waals surface area contributed by atoms with Gasteiger partial charge in [0.1, 0.15) is 17.3 Å². The van der Waals surface area contributed by atoms with Crippen LogP contribution < -0.4 is 4.74 Å². The summed E-state index contributed by atoms with van der Waals surface area (Å²) in [5.74, 6) is 2.00. The number of benzene rings is 1. The third-order valence-corrected chi connectivity index (χ3v) is 3.20. The summed E-state index contributed by atoms with van der Waals surface area (Å²) in [5.41, 5.74) is 1.82. The fourth-order valence-electron chi connectivity index (χ4n) is 2.13. The van der Waals surface area contributed by atoms with Gasteiger partial charge in [0.15, 0.2) is 0 Å². The van der Waals surface area contributed by atoms with E-state index in [2.05, 4.69) is 0 Å². The quantitative estimate of drug-likeness (QED) is 0.595. The molecule has 0 aliphatic carbocycles. The number of aryl methyl sites for hydroxylation is 1. The first-order valence-electron chi connectivity index (χ1n) is 7.29. The third-order valence-electron chi connectivity index (χ3n) is 3.20. The van der Waals surface area contributed by atoms with Crippen molar-refractivity contribution in [1.29, 1.82) is 0 Å². The van der Waals surface area contributed by atoms with Crippen molar-refractivity contribution in [3.05, 3.63) is 47.7 Å². The maximum absolute atomic E-state index is 11.4. The molecule has 0 unspecified atom stereocenters. The number of ether oxygens (including phenoxy) is 2. The number of carbonyl (C=O) groups excluding carboxylic acids is 1. The zero-order chi connectivity index (χ0) is 15.9. The largest absolute Gasteiger partial charge is 0.497 e. The molecule has 116 valence electrons. The Hall–Kier alpha value is -2.49. The number of furan rings is 1. The summed E-state index contributed by atoms with van der Waals surface area (Å²) in [4.78, 5) is 11.4. The van der Waals surface area contributed by atoms with Gasteiger partial charge in [0.2, 0.25) is 0 Å². The molecule has 0 saturated carbocycles. The predicted molar refractivity (Wildman–Crippen MR) is 85.7 cm³/mol. The normalized spacial score (nSPS) is 10.9. The molecule has 4 heteroatoms. The van der Waals surface area contributed by atoms with Crippen molar-refractivity contribution in [1.82, 2.24) is 0 Å².